The fraction of sp³-hybridized carbons (Fsp3) is 0.400. The average Bonchev–Trinajstić information content (AvgIpc) is 3.01. The number of nitrogens with one attached hydrogen (secondary N) is 1. The molecule has 0 aromatic carbocycles. The van der Waals surface area contributed by atoms with Gasteiger partial charge in [0.15, 0.2) is 5.76 Å². The molecular formula is C15H19N3O4. The third kappa shape index (κ3) is 3.19. The van der Waals surface area contributed by atoms with Crippen LogP contribution in [-0.2, 0) is 13.5 Å². The standard InChI is InChI=1S/C15H19N3O4/c1-8(5-12-9(2)17-18(4)10(12)3)16-14(19)13-6-11(7-22-13)15(20)21/h6-8H,5H2,1-4H3,(H,16,19)(H,20,21). The molecule has 1 unspecified atom stereocenters. The predicted molar refractivity (Wildman–Crippen MR) is 79.0 cm³/mol. The minimum absolute atomic E-state index is 0.0103. The SMILES string of the molecule is Cc1nn(C)c(C)c1CC(C)NC(=O)c1cc(C(=O)O)co1. The maximum absolute atomic E-state index is 12.0. The topological polar surface area (TPSA) is 97.4 Å². The van der Waals surface area contributed by atoms with Gasteiger partial charge in [-0.05, 0) is 32.8 Å². The largest absolute Gasteiger partial charge is 0.478 e. The summed E-state index contributed by atoms with van der Waals surface area (Å²) in [5.41, 5.74) is 3.05. The maximum Gasteiger partial charge on any atom is 0.338 e. The normalized spacial score (nSPS) is 12.2. The molecule has 0 bridgehead atoms. The van der Waals surface area contributed by atoms with Gasteiger partial charge in [-0.2, -0.15) is 5.10 Å². The van der Waals surface area contributed by atoms with E-state index in [9.17, 15) is 9.59 Å². The highest BCUT2D eigenvalue weighted by Gasteiger charge is 2.18. The molecule has 0 aliphatic heterocycles. The Kier molecular flexibility index (Phi) is 4.35. The van der Waals surface area contributed by atoms with Gasteiger partial charge in [-0.1, -0.05) is 0 Å². The van der Waals surface area contributed by atoms with Crippen molar-refractivity contribution in [2.24, 2.45) is 7.05 Å². The lowest BCUT2D eigenvalue weighted by Crippen LogP contribution is -2.34. The summed E-state index contributed by atoms with van der Waals surface area (Å²) in [7, 11) is 1.88. The summed E-state index contributed by atoms with van der Waals surface area (Å²) in [4.78, 5) is 22.8. The Morgan fingerprint density at radius 3 is 2.64 bits per heavy atom. The van der Waals surface area contributed by atoms with Crippen molar-refractivity contribution in [2.75, 3.05) is 0 Å². The fourth-order valence-electron chi connectivity index (χ4n) is 2.33. The molecule has 2 N–H and O–H groups in total. The molecule has 0 saturated carbocycles. The minimum atomic E-state index is -1.13. The van der Waals surface area contributed by atoms with Crippen LogP contribution >= 0.6 is 0 Å². The van der Waals surface area contributed by atoms with Crippen LogP contribution < -0.4 is 5.32 Å². The zero-order valence-corrected chi connectivity index (χ0v) is 13.0. The van der Waals surface area contributed by atoms with E-state index in [1.807, 2.05) is 32.5 Å². The van der Waals surface area contributed by atoms with Crippen LogP contribution in [0.3, 0.4) is 0 Å². The molecule has 2 heterocycles. The Hall–Kier alpha value is -2.57. The van der Waals surface area contributed by atoms with E-state index >= 15 is 0 Å². The Morgan fingerprint density at radius 2 is 2.14 bits per heavy atom. The summed E-state index contributed by atoms with van der Waals surface area (Å²) in [6.07, 6.45) is 1.70. The Bertz CT molecular complexity index is 714. The number of carboxylic acids is 1. The van der Waals surface area contributed by atoms with Gasteiger partial charge in [-0.3, -0.25) is 9.48 Å². The number of hydrogen-bond donors (Lipinski definition) is 2. The monoisotopic (exact) mass is 305 g/mol. The minimum Gasteiger partial charge on any atom is -0.478 e. The van der Waals surface area contributed by atoms with Crippen LogP contribution in [0.25, 0.3) is 0 Å². The number of nitrogens with zero attached hydrogens (tertiary/aromatic N) is 2. The molecule has 2 aromatic rings. The first-order valence-electron chi connectivity index (χ1n) is 6.91. The molecule has 7 heteroatoms. The summed E-state index contributed by atoms with van der Waals surface area (Å²) in [6.45, 7) is 5.79. The highest BCUT2D eigenvalue weighted by molar-refractivity contribution is 5.95. The van der Waals surface area contributed by atoms with E-state index in [-0.39, 0.29) is 17.4 Å². The summed E-state index contributed by atoms with van der Waals surface area (Å²) < 4.78 is 6.79. The number of rotatable bonds is 5. The second-order valence-electron chi connectivity index (χ2n) is 5.36. The van der Waals surface area contributed by atoms with Crippen LogP contribution in [0.5, 0.6) is 0 Å². The third-order valence-corrected chi connectivity index (χ3v) is 3.62. The molecule has 7 nitrogen and oxygen atoms in total. The van der Waals surface area contributed by atoms with Crippen LogP contribution in [0, 0.1) is 13.8 Å². The molecule has 0 saturated heterocycles. The van der Waals surface area contributed by atoms with Crippen molar-refractivity contribution >= 4 is 11.9 Å². The lowest BCUT2D eigenvalue weighted by Gasteiger charge is -2.13. The smallest absolute Gasteiger partial charge is 0.338 e. The zero-order valence-electron chi connectivity index (χ0n) is 13.0. The van der Waals surface area contributed by atoms with Crippen molar-refractivity contribution < 1.29 is 19.1 Å². The molecule has 118 valence electrons. The lowest BCUT2D eigenvalue weighted by molar-refractivity contribution is 0.0695. The fourth-order valence-corrected chi connectivity index (χ4v) is 2.33. The van der Waals surface area contributed by atoms with Crippen molar-refractivity contribution in [3.8, 4) is 0 Å². The van der Waals surface area contributed by atoms with Gasteiger partial charge in [-0.25, -0.2) is 4.79 Å². The quantitative estimate of drug-likeness (QED) is 0.876. The van der Waals surface area contributed by atoms with E-state index < -0.39 is 11.9 Å². The number of aromatic nitrogens is 2. The molecule has 0 aliphatic rings. The van der Waals surface area contributed by atoms with Crippen molar-refractivity contribution in [3.63, 3.8) is 0 Å². The summed E-state index contributed by atoms with van der Waals surface area (Å²) in [5, 5.41) is 16.0. The molecule has 1 amide bonds. The van der Waals surface area contributed by atoms with Gasteiger partial charge >= 0.3 is 5.97 Å². The molecular weight excluding hydrogens is 286 g/mol. The van der Waals surface area contributed by atoms with E-state index in [0.717, 1.165) is 23.2 Å². The number of aromatic carboxylic acids is 1. The van der Waals surface area contributed by atoms with Crippen LogP contribution in [0.4, 0.5) is 0 Å². The molecule has 0 spiro atoms. The number of aryl methyl sites for hydroxylation is 2. The third-order valence-electron chi connectivity index (χ3n) is 3.62. The van der Waals surface area contributed by atoms with Gasteiger partial charge in [0.1, 0.15) is 6.26 Å². The van der Waals surface area contributed by atoms with Gasteiger partial charge in [0, 0.05) is 24.8 Å². The highest BCUT2D eigenvalue weighted by Crippen LogP contribution is 2.15. The van der Waals surface area contributed by atoms with Crippen molar-refractivity contribution in [1.29, 1.82) is 0 Å². The van der Waals surface area contributed by atoms with Crippen LogP contribution in [0.2, 0.25) is 0 Å². The molecule has 0 aliphatic carbocycles. The zero-order chi connectivity index (χ0) is 16.4. The van der Waals surface area contributed by atoms with Gasteiger partial charge in [0.2, 0.25) is 0 Å². The Balaban J connectivity index is 2.03. The van der Waals surface area contributed by atoms with E-state index in [2.05, 4.69) is 10.4 Å². The number of carbonyl (C=O) groups is 2. The van der Waals surface area contributed by atoms with E-state index in [0.29, 0.717) is 6.42 Å². The van der Waals surface area contributed by atoms with Crippen LogP contribution in [0.15, 0.2) is 16.7 Å². The van der Waals surface area contributed by atoms with Crippen molar-refractivity contribution in [3.05, 3.63) is 40.6 Å². The van der Waals surface area contributed by atoms with Gasteiger partial charge in [0.05, 0.1) is 11.3 Å². The van der Waals surface area contributed by atoms with Crippen LogP contribution in [0.1, 0.15) is 44.8 Å². The molecule has 2 aromatic heterocycles. The number of carbonyl (C=O) groups excluding carboxylic acids is 1. The Morgan fingerprint density at radius 1 is 1.45 bits per heavy atom. The number of furan rings is 1. The summed E-state index contributed by atoms with van der Waals surface area (Å²) >= 11 is 0. The lowest BCUT2D eigenvalue weighted by atomic mass is 10.1. The molecule has 2 rings (SSSR count). The first kappa shape index (κ1) is 15.8. The van der Waals surface area contributed by atoms with Gasteiger partial charge < -0.3 is 14.8 Å². The molecule has 0 fully saturated rings. The second kappa shape index (κ2) is 6.05. The van der Waals surface area contributed by atoms with E-state index in [4.69, 9.17) is 9.52 Å². The van der Waals surface area contributed by atoms with Gasteiger partial charge in [-0.15, -0.1) is 0 Å². The van der Waals surface area contributed by atoms with Crippen molar-refractivity contribution in [2.45, 2.75) is 33.2 Å². The molecule has 0 radical (unpaired) electrons. The first-order valence-corrected chi connectivity index (χ1v) is 6.91. The second-order valence-corrected chi connectivity index (χ2v) is 5.36. The summed E-state index contributed by atoms with van der Waals surface area (Å²) in [6, 6.07) is 1.08. The highest BCUT2D eigenvalue weighted by atomic mass is 16.4. The van der Waals surface area contributed by atoms with E-state index in [1.165, 1.54) is 6.07 Å². The summed E-state index contributed by atoms with van der Waals surface area (Å²) in [5.74, 6) is -1.57. The number of carboxylic acid groups (broad SMARTS) is 1. The van der Waals surface area contributed by atoms with Crippen molar-refractivity contribution in [1.82, 2.24) is 15.1 Å². The Labute approximate surface area is 127 Å². The molecule has 22 heavy (non-hydrogen) atoms. The number of amides is 1. The van der Waals surface area contributed by atoms with E-state index in [1.54, 1.807) is 0 Å². The molecule has 1 atom stereocenters. The maximum atomic E-state index is 12.0. The first-order chi connectivity index (χ1) is 10.3. The number of hydrogen-bond acceptors (Lipinski definition) is 4. The van der Waals surface area contributed by atoms with Crippen LogP contribution in [-0.4, -0.2) is 32.8 Å². The predicted octanol–water partition coefficient (Wildman–Crippen LogP) is 1.69. The van der Waals surface area contributed by atoms with Gasteiger partial charge in [0.25, 0.3) is 5.91 Å². The average molecular weight is 305 g/mol.